The van der Waals surface area contributed by atoms with Gasteiger partial charge in [0.2, 0.25) is 0 Å². The van der Waals surface area contributed by atoms with Gasteiger partial charge in [0.25, 0.3) is 5.91 Å². The molecule has 146 valence electrons. The number of hydrogen-bond donors (Lipinski definition) is 2. The summed E-state index contributed by atoms with van der Waals surface area (Å²) in [5.74, 6) is -0.0637. The maximum absolute atomic E-state index is 12.8. The van der Waals surface area contributed by atoms with Gasteiger partial charge in [-0.25, -0.2) is 4.79 Å². The van der Waals surface area contributed by atoms with Crippen molar-refractivity contribution in [2.45, 2.75) is 22.8 Å². The average Bonchev–Trinajstić information content (AvgIpc) is 2.84. The Bertz CT molecular complexity index is 1070. The van der Waals surface area contributed by atoms with Gasteiger partial charge in [0.15, 0.2) is 0 Å². The number of anilines is 2. The maximum atomic E-state index is 12.8. The Labute approximate surface area is 174 Å². The number of carbonyl (C=O) groups excluding carboxylic acids is 2. The fourth-order valence-electron chi connectivity index (χ4n) is 3.27. The molecule has 0 saturated carbocycles. The molecule has 0 radical (unpaired) electrons. The first kappa shape index (κ1) is 19.1. The highest BCUT2D eigenvalue weighted by molar-refractivity contribution is 7.99. The molecule has 0 unspecified atom stereocenters. The van der Waals surface area contributed by atoms with E-state index in [2.05, 4.69) is 10.6 Å². The highest BCUT2D eigenvalue weighted by Crippen LogP contribution is 2.41. The van der Waals surface area contributed by atoms with E-state index < -0.39 is 0 Å². The third-order valence-corrected chi connectivity index (χ3v) is 6.01. The van der Waals surface area contributed by atoms with E-state index in [-0.39, 0.29) is 18.0 Å². The molecule has 0 fully saturated rings. The summed E-state index contributed by atoms with van der Waals surface area (Å²) in [6, 6.07) is 22.6. The maximum Gasteiger partial charge on any atom is 0.319 e. The average molecular weight is 404 g/mol. The lowest BCUT2D eigenvalue weighted by Gasteiger charge is -2.19. The van der Waals surface area contributed by atoms with Gasteiger partial charge in [0.1, 0.15) is 0 Å². The first-order valence-corrected chi connectivity index (χ1v) is 10.2. The van der Waals surface area contributed by atoms with Crippen molar-refractivity contribution in [3.63, 3.8) is 0 Å². The number of hydrogen-bond acceptors (Lipinski definition) is 3. The van der Waals surface area contributed by atoms with Gasteiger partial charge in [-0.3, -0.25) is 4.79 Å². The highest BCUT2D eigenvalue weighted by atomic mass is 32.2. The van der Waals surface area contributed by atoms with E-state index in [0.29, 0.717) is 11.3 Å². The largest absolute Gasteiger partial charge is 0.331 e. The Morgan fingerprint density at radius 3 is 2.48 bits per heavy atom. The van der Waals surface area contributed by atoms with Crippen LogP contribution in [0, 0.1) is 0 Å². The number of rotatable bonds is 3. The van der Waals surface area contributed by atoms with Gasteiger partial charge in [0, 0.05) is 22.5 Å². The summed E-state index contributed by atoms with van der Waals surface area (Å²) in [7, 11) is 1.76. The minimum absolute atomic E-state index is 0.0637. The number of fused-ring (bicyclic) bond motifs is 2. The number of nitrogens with one attached hydrogen (secondary N) is 2. The van der Waals surface area contributed by atoms with E-state index in [1.807, 2.05) is 79.7 Å². The van der Waals surface area contributed by atoms with Gasteiger partial charge in [-0.1, -0.05) is 54.2 Å². The summed E-state index contributed by atoms with van der Waals surface area (Å²) >= 11 is 1.56. The molecule has 1 aliphatic rings. The zero-order chi connectivity index (χ0) is 20.4. The van der Waals surface area contributed by atoms with E-state index >= 15 is 0 Å². The molecule has 6 heteroatoms. The van der Waals surface area contributed by atoms with E-state index in [9.17, 15) is 9.59 Å². The van der Waals surface area contributed by atoms with Gasteiger partial charge in [0.05, 0.1) is 17.3 Å². The van der Waals surface area contributed by atoms with Crippen molar-refractivity contribution in [3.8, 4) is 0 Å². The smallest absolute Gasteiger partial charge is 0.319 e. The lowest BCUT2D eigenvalue weighted by atomic mass is 10.1. The molecule has 3 aromatic carbocycles. The summed E-state index contributed by atoms with van der Waals surface area (Å²) in [5.41, 5.74) is 3.11. The summed E-state index contributed by atoms with van der Waals surface area (Å²) in [4.78, 5) is 28.8. The first-order valence-electron chi connectivity index (χ1n) is 9.34. The minimum atomic E-state index is -0.292. The van der Waals surface area contributed by atoms with Crippen LogP contribution in [-0.4, -0.2) is 19.0 Å². The molecule has 1 heterocycles. The highest BCUT2D eigenvalue weighted by Gasteiger charge is 2.24. The molecule has 2 N–H and O–H groups in total. The standard InChI is InChI=1S/C23H21N3O2S/c1-15(16-8-4-3-5-9-16)24-23(28)25-17-12-13-21-19(14-17)26(2)22(27)18-10-6-7-11-20(18)29-21/h3-15H,1-2H3,(H2,24,25,28)/t15-/m0/s1. The second kappa shape index (κ2) is 8.01. The Hall–Kier alpha value is -3.25. The van der Waals surface area contributed by atoms with E-state index in [0.717, 1.165) is 21.0 Å². The summed E-state index contributed by atoms with van der Waals surface area (Å²) < 4.78 is 0. The molecule has 3 aromatic rings. The number of amides is 3. The van der Waals surface area contributed by atoms with E-state index in [1.54, 1.807) is 23.7 Å². The van der Waals surface area contributed by atoms with Gasteiger partial charge >= 0.3 is 6.03 Å². The van der Waals surface area contributed by atoms with Crippen molar-refractivity contribution < 1.29 is 9.59 Å². The van der Waals surface area contributed by atoms with Crippen LogP contribution in [0.15, 0.2) is 82.6 Å². The Morgan fingerprint density at radius 1 is 0.966 bits per heavy atom. The molecule has 1 aliphatic heterocycles. The Kier molecular flexibility index (Phi) is 5.27. The molecule has 0 saturated heterocycles. The van der Waals surface area contributed by atoms with Crippen LogP contribution in [0.4, 0.5) is 16.2 Å². The van der Waals surface area contributed by atoms with Crippen LogP contribution in [0.3, 0.4) is 0 Å². The molecule has 1 atom stereocenters. The van der Waals surface area contributed by atoms with Crippen molar-refractivity contribution in [1.82, 2.24) is 5.32 Å². The molecule has 0 spiro atoms. The second-order valence-corrected chi connectivity index (χ2v) is 7.96. The SMILES string of the molecule is C[C@H](NC(=O)Nc1ccc2c(c1)N(C)C(=O)c1ccccc1S2)c1ccccc1. The van der Waals surface area contributed by atoms with Crippen LogP contribution in [-0.2, 0) is 0 Å². The van der Waals surface area contributed by atoms with Crippen molar-refractivity contribution in [2.24, 2.45) is 0 Å². The van der Waals surface area contributed by atoms with Crippen molar-refractivity contribution in [3.05, 3.63) is 83.9 Å². The Balaban J connectivity index is 1.53. The predicted octanol–water partition coefficient (Wildman–Crippen LogP) is 5.31. The normalized spacial score (nSPS) is 13.7. The van der Waals surface area contributed by atoms with Crippen LogP contribution in [0.5, 0.6) is 0 Å². The lowest BCUT2D eigenvalue weighted by Crippen LogP contribution is -2.31. The van der Waals surface area contributed by atoms with Crippen molar-refractivity contribution in [2.75, 3.05) is 17.3 Å². The second-order valence-electron chi connectivity index (χ2n) is 6.88. The zero-order valence-corrected chi connectivity index (χ0v) is 17.0. The molecule has 5 nitrogen and oxygen atoms in total. The third kappa shape index (κ3) is 3.98. The molecular formula is C23H21N3O2S. The fourth-order valence-corrected chi connectivity index (χ4v) is 4.36. The molecule has 4 rings (SSSR count). The van der Waals surface area contributed by atoms with Crippen LogP contribution in [0.1, 0.15) is 28.9 Å². The summed E-state index contributed by atoms with van der Waals surface area (Å²) in [6.07, 6.45) is 0. The number of urea groups is 1. The first-order chi connectivity index (χ1) is 14.0. The van der Waals surface area contributed by atoms with Gasteiger partial charge < -0.3 is 15.5 Å². The number of benzene rings is 3. The quantitative estimate of drug-likeness (QED) is 0.623. The minimum Gasteiger partial charge on any atom is -0.331 e. The predicted molar refractivity (Wildman–Crippen MR) is 117 cm³/mol. The van der Waals surface area contributed by atoms with Crippen molar-refractivity contribution in [1.29, 1.82) is 0 Å². The fraction of sp³-hybridized carbons (Fsp3) is 0.130. The summed E-state index contributed by atoms with van der Waals surface area (Å²) in [5, 5.41) is 5.81. The topological polar surface area (TPSA) is 61.4 Å². The molecule has 29 heavy (non-hydrogen) atoms. The van der Waals surface area contributed by atoms with E-state index in [4.69, 9.17) is 0 Å². The number of nitrogens with zero attached hydrogens (tertiary/aromatic N) is 1. The molecule has 0 aliphatic carbocycles. The van der Waals surface area contributed by atoms with Gasteiger partial charge in [-0.2, -0.15) is 0 Å². The molecule has 0 aromatic heterocycles. The van der Waals surface area contributed by atoms with Crippen LogP contribution in [0.25, 0.3) is 0 Å². The molecule has 0 bridgehead atoms. The third-order valence-electron chi connectivity index (χ3n) is 4.87. The molecule has 3 amide bonds. The van der Waals surface area contributed by atoms with Crippen molar-refractivity contribution >= 4 is 35.1 Å². The van der Waals surface area contributed by atoms with E-state index in [1.165, 1.54) is 0 Å². The zero-order valence-electron chi connectivity index (χ0n) is 16.2. The monoisotopic (exact) mass is 403 g/mol. The van der Waals surface area contributed by atoms with Gasteiger partial charge in [-0.05, 0) is 42.8 Å². The van der Waals surface area contributed by atoms with Crippen LogP contribution >= 0.6 is 11.8 Å². The van der Waals surface area contributed by atoms with Gasteiger partial charge in [-0.15, -0.1) is 0 Å². The summed E-state index contributed by atoms with van der Waals surface area (Å²) in [6.45, 7) is 1.94. The van der Waals surface area contributed by atoms with Crippen LogP contribution in [0.2, 0.25) is 0 Å². The molecular weight excluding hydrogens is 382 g/mol. The lowest BCUT2D eigenvalue weighted by molar-refractivity contribution is 0.0990. The number of carbonyl (C=O) groups is 2. The van der Waals surface area contributed by atoms with Crippen LogP contribution < -0.4 is 15.5 Å². The Morgan fingerprint density at radius 2 is 1.69 bits per heavy atom.